The number of nitrogens with zero attached hydrogens (tertiary/aromatic N) is 2. The Morgan fingerprint density at radius 3 is 2.48 bits per heavy atom. The largest absolute Gasteiger partial charge is 0.478 e. The number of benzene rings is 1. The van der Waals surface area contributed by atoms with Crippen molar-refractivity contribution >= 4 is 23.3 Å². The fourth-order valence-corrected chi connectivity index (χ4v) is 1.68. The summed E-state index contributed by atoms with van der Waals surface area (Å²) in [6.07, 6.45) is 1.48. The Morgan fingerprint density at radius 1 is 1.19 bits per heavy atom. The van der Waals surface area contributed by atoms with Crippen molar-refractivity contribution in [3.8, 4) is 0 Å². The van der Waals surface area contributed by atoms with Crippen LogP contribution in [0.5, 0.6) is 0 Å². The first-order valence-corrected chi connectivity index (χ1v) is 6.71. The van der Waals surface area contributed by atoms with E-state index in [1.54, 1.807) is 24.3 Å². The average Bonchev–Trinajstić information content (AvgIpc) is 2.46. The molecule has 0 amide bonds. The van der Waals surface area contributed by atoms with Gasteiger partial charge in [-0.05, 0) is 30.2 Å². The topological polar surface area (TPSA) is 87.1 Å². The van der Waals surface area contributed by atoms with Crippen LogP contribution in [-0.2, 0) is 0 Å². The van der Waals surface area contributed by atoms with Crippen molar-refractivity contribution in [3.05, 3.63) is 42.2 Å². The lowest BCUT2D eigenvalue weighted by molar-refractivity contribution is 0.0697. The van der Waals surface area contributed by atoms with Gasteiger partial charge in [0.1, 0.15) is 18.0 Å². The van der Waals surface area contributed by atoms with Crippen molar-refractivity contribution in [1.82, 2.24) is 9.97 Å². The molecule has 2 rings (SSSR count). The van der Waals surface area contributed by atoms with Crippen LogP contribution in [-0.4, -0.2) is 27.6 Å². The molecule has 3 N–H and O–H groups in total. The van der Waals surface area contributed by atoms with Gasteiger partial charge in [0.2, 0.25) is 0 Å². The van der Waals surface area contributed by atoms with Gasteiger partial charge in [-0.15, -0.1) is 0 Å². The van der Waals surface area contributed by atoms with Crippen LogP contribution >= 0.6 is 0 Å². The molecular formula is C15H18N4O2. The molecule has 0 fully saturated rings. The van der Waals surface area contributed by atoms with Crippen molar-refractivity contribution in [2.45, 2.75) is 13.8 Å². The third-order valence-corrected chi connectivity index (χ3v) is 2.76. The number of anilines is 3. The summed E-state index contributed by atoms with van der Waals surface area (Å²) in [5.74, 6) is 0.992. The highest BCUT2D eigenvalue weighted by Crippen LogP contribution is 2.17. The Balaban J connectivity index is 2.05. The minimum Gasteiger partial charge on any atom is -0.478 e. The van der Waals surface area contributed by atoms with E-state index in [9.17, 15) is 4.79 Å². The van der Waals surface area contributed by atoms with Crippen molar-refractivity contribution in [3.63, 3.8) is 0 Å². The number of hydrogen-bond acceptors (Lipinski definition) is 5. The molecule has 0 spiro atoms. The number of carbonyl (C=O) groups is 1. The Kier molecular flexibility index (Phi) is 4.71. The van der Waals surface area contributed by atoms with Gasteiger partial charge in [-0.2, -0.15) is 0 Å². The van der Waals surface area contributed by atoms with Gasteiger partial charge in [0.15, 0.2) is 0 Å². The Hall–Kier alpha value is -2.63. The number of aromatic nitrogens is 2. The molecule has 21 heavy (non-hydrogen) atoms. The third kappa shape index (κ3) is 4.45. The lowest BCUT2D eigenvalue weighted by Crippen LogP contribution is -2.09. The average molecular weight is 286 g/mol. The molecule has 110 valence electrons. The molecule has 0 aliphatic heterocycles. The number of carboxylic acids is 1. The summed E-state index contributed by atoms with van der Waals surface area (Å²) in [6, 6.07) is 8.31. The molecule has 0 saturated heterocycles. The second kappa shape index (κ2) is 6.69. The van der Waals surface area contributed by atoms with Crippen LogP contribution in [0.4, 0.5) is 17.3 Å². The first-order valence-electron chi connectivity index (χ1n) is 6.71. The highest BCUT2D eigenvalue weighted by atomic mass is 16.4. The van der Waals surface area contributed by atoms with Crippen LogP contribution in [0, 0.1) is 5.92 Å². The maximum atomic E-state index is 10.8. The van der Waals surface area contributed by atoms with Crippen molar-refractivity contribution in [2.75, 3.05) is 17.2 Å². The summed E-state index contributed by atoms with van der Waals surface area (Å²) < 4.78 is 0. The van der Waals surface area contributed by atoms with E-state index in [0.29, 0.717) is 11.7 Å². The number of hydrogen-bond donors (Lipinski definition) is 3. The first kappa shape index (κ1) is 14.8. The molecule has 1 heterocycles. The van der Waals surface area contributed by atoms with Gasteiger partial charge in [0, 0.05) is 18.3 Å². The molecule has 0 aliphatic carbocycles. The van der Waals surface area contributed by atoms with Crippen LogP contribution in [0.3, 0.4) is 0 Å². The lowest BCUT2D eigenvalue weighted by Gasteiger charge is -2.10. The van der Waals surface area contributed by atoms with E-state index in [1.807, 2.05) is 6.07 Å². The van der Waals surface area contributed by atoms with E-state index >= 15 is 0 Å². The molecule has 6 heteroatoms. The number of nitrogens with one attached hydrogen (secondary N) is 2. The molecule has 2 aromatic rings. The summed E-state index contributed by atoms with van der Waals surface area (Å²) in [4.78, 5) is 19.1. The summed E-state index contributed by atoms with van der Waals surface area (Å²) in [7, 11) is 0. The van der Waals surface area contributed by atoms with Crippen LogP contribution in [0.2, 0.25) is 0 Å². The van der Waals surface area contributed by atoms with Crippen LogP contribution in [0.15, 0.2) is 36.7 Å². The maximum Gasteiger partial charge on any atom is 0.335 e. The Bertz CT molecular complexity index is 611. The predicted molar refractivity (Wildman–Crippen MR) is 82.0 cm³/mol. The summed E-state index contributed by atoms with van der Waals surface area (Å²) in [5, 5.41) is 15.2. The Labute approximate surface area is 123 Å². The van der Waals surface area contributed by atoms with E-state index in [2.05, 4.69) is 34.4 Å². The second-order valence-electron chi connectivity index (χ2n) is 5.07. The zero-order chi connectivity index (χ0) is 15.2. The van der Waals surface area contributed by atoms with Crippen LogP contribution in [0.1, 0.15) is 24.2 Å². The zero-order valence-electron chi connectivity index (χ0n) is 12.0. The number of rotatable bonds is 6. The molecule has 0 aliphatic rings. The summed E-state index contributed by atoms with van der Waals surface area (Å²) in [6.45, 7) is 5.08. The smallest absolute Gasteiger partial charge is 0.335 e. The molecule has 0 radical (unpaired) electrons. The normalized spacial score (nSPS) is 10.4. The highest BCUT2D eigenvalue weighted by molar-refractivity contribution is 5.88. The van der Waals surface area contributed by atoms with Gasteiger partial charge < -0.3 is 15.7 Å². The monoisotopic (exact) mass is 286 g/mol. The van der Waals surface area contributed by atoms with Gasteiger partial charge in [-0.1, -0.05) is 13.8 Å². The van der Waals surface area contributed by atoms with Gasteiger partial charge in [0.05, 0.1) is 5.56 Å². The number of carboxylic acid groups (broad SMARTS) is 1. The van der Waals surface area contributed by atoms with Crippen LogP contribution < -0.4 is 10.6 Å². The van der Waals surface area contributed by atoms with Crippen LogP contribution in [0.25, 0.3) is 0 Å². The fourth-order valence-electron chi connectivity index (χ4n) is 1.68. The summed E-state index contributed by atoms with van der Waals surface area (Å²) >= 11 is 0. The zero-order valence-corrected chi connectivity index (χ0v) is 12.0. The van der Waals surface area contributed by atoms with Gasteiger partial charge in [0.25, 0.3) is 0 Å². The molecule has 1 aromatic carbocycles. The van der Waals surface area contributed by atoms with Crippen molar-refractivity contribution < 1.29 is 9.90 Å². The van der Waals surface area contributed by atoms with Gasteiger partial charge in [-0.25, -0.2) is 14.8 Å². The van der Waals surface area contributed by atoms with Crippen molar-refractivity contribution in [1.29, 1.82) is 0 Å². The lowest BCUT2D eigenvalue weighted by atomic mass is 10.2. The molecule has 6 nitrogen and oxygen atoms in total. The minimum absolute atomic E-state index is 0.252. The van der Waals surface area contributed by atoms with Gasteiger partial charge in [-0.3, -0.25) is 0 Å². The fraction of sp³-hybridized carbons (Fsp3) is 0.267. The van der Waals surface area contributed by atoms with Crippen molar-refractivity contribution in [2.24, 2.45) is 5.92 Å². The predicted octanol–water partition coefficient (Wildman–Crippen LogP) is 2.99. The maximum absolute atomic E-state index is 10.8. The van der Waals surface area contributed by atoms with E-state index in [-0.39, 0.29) is 5.56 Å². The minimum atomic E-state index is -0.941. The van der Waals surface area contributed by atoms with E-state index < -0.39 is 5.97 Å². The molecule has 0 bridgehead atoms. The molecule has 0 saturated carbocycles. The van der Waals surface area contributed by atoms with E-state index in [4.69, 9.17) is 5.11 Å². The second-order valence-corrected chi connectivity index (χ2v) is 5.07. The molecule has 1 aromatic heterocycles. The summed E-state index contributed by atoms with van der Waals surface area (Å²) in [5.41, 5.74) is 1.02. The third-order valence-electron chi connectivity index (χ3n) is 2.76. The highest BCUT2D eigenvalue weighted by Gasteiger charge is 2.03. The molecule has 0 unspecified atom stereocenters. The number of aromatic carboxylic acids is 1. The van der Waals surface area contributed by atoms with E-state index in [1.165, 1.54) is 6.33 Å². The standard InChI is InChI=1S/C15H18N4O2/c1-10(2)8-16-13-7-14(18-9-17-13)19-12-5-3-11(4-6-12)15(20)21/h3-7,9-10H,8H2,1-2H3,(H,20,21)(H2,16,17,18,19). The molecule has 0 atom stereocenters. The first-order chi connectivity index (χ1) is 10.0. The van der Waals surface area contributed by atoms with Gasteiger partial charge >= 0.3 is 5.97 Å². The Morgan fingerprint density at radius 2 is 1.86 bits per heavy atom. The quantitative estimate of drug-likeness (QED) is 0.756. The SMILES string of the molecule is CC(C)CNc1cc(Nc2ccc(C(=O)O)cc2)ncn1. The van der Waals surface area contributed by atoms with E-state index in [0.717, 1.165) is 18.1 Å². The molecular weight excluding hydrogens is 268 g/mol.